The molecule has 1 atom stereocenters. The molecule has 0 bridgehead atoms. The van der Waals surface area contributed by atoms with Crippen molar-refractivity contribution in [3.8, 4) is 0 Å². The third kappa shape index (κ3) is 6.18. The molecule has 1 aliphatic heterocycles. The van der Waals surface area contributed by atoms with E-state index < -0.39 is 41.7 Å². The van der Waals surface area contributed by atoms with E-state index in [2.05, 4.69) is 0 Å². The summed E-state index contributed by atoms with van der Waals surface area (Å²) in [6.45, 7) is -0.464. The Morgan fingerprint density at radius 2 is 1.42 bits per heavy atom. The summed E-state index contributed by atoms with van der Waals surface area (Å²) in [4.78, 5) is 1.50. The molecule has 0 radical (unpaired) electrons. The fraction of sp³-hybridized carbons (Fsp3) is 0.455. The van der Waals surface area contributed by atoms with Gasteiger partial charge in [0.1, 0.15) is 0 Å². The zero-order chi connectivity index (χ0) is 22.9. The van der Waals surface area contributed by atoms with E-state index in [0.29, 0.717) is 18.6 Å². The third-order valence-corrected chi connectivity index (χ3v) is 5.52. The van der Waals surface area contributed by atoms with Gasteiger partial charge in [-0.1, -0.05) is 30.3 Å². The van der Waals surface area contributed by atoms with E-state index in [0.717, 1.165) is 5.56 Å². The molecule has 1 saturated heterocycles. The molecule has 3 rings (SSSR count). The zero-order valence-electron chi connectivity index (χ0n) is 16.4. The Labute approximate surface area is 174 Å². The lowest BCUT2D eigenvalue weighted by molar-refractivity contribution is -0.143. The highest BCUT2D eigenvalue weighted by Gasteiger charge is 2.43. The van der Waals surface area contributed by atoms with Crippen molar-refractivity contribution in [2.24, 2.45) is 5.92 Å². The smallest absolute Gasteiger partial charge is 0.298 e. The van der Waals surface area contributed by atoms with E-state index in [1.807, 2.05) is 18.2 Å². The van der Waals surface area contributed by atoms with Crippen molar-refractivity contribution >= 4 is 0 Å². The first kappa shape index (κ1) is 23.5. The van der Waals surface area contributed by atoms with Crippen molar-refractivity contribution in [1.29, 1.82) is 0 Å². The number of halogens is 8. The standard InChI is InChI=1S/C22H21F8N/c23-20(24)8-9-31(14-17(20)7-6-15-4-2-1-3-5-15)13-16-10-18(21(25,26)27)12-19(11-16)22(28,29)30/h1-5,10-12,17H,6-9,13-14H2. The Morgan fingerprint density at radius 1 is 0.839 bits per heavy atom. The average molecular weight is 451 g/mol. The second kappa shape index (κ2) is 8.76. The fourth-order valence-corrected chi connectivity index (χ4v) is 3.85. The van der Waals surface area contributed by atoms with Crippen LogP contribution in [0.3, 0.4) is 0 Å². The number of hydrogen-bond acceptors (Lipinski definition) is 1. The lowest BCUT2D eigenvalue weighted by Gasteiger charge is -2.38. The molecule has 0 saturated carbocycles. The highest BCUT2D eigenvalue weighted by molar-refractivity contribution is 5.33. The van der Waals surface area contributed by atoms with Gasteiger partial charge in [0.15, 0.2) is 0 Å². The van der Waals surface area contributed by atoms with Crippen LogP contribution < -0.4 is 0 Å². The molecule has 2 aromatic rings. The minimum absolute atomic E-state index is 0.0660. The second-order valence-corrected chi connectivity index (χ2v) is 7.88. The number of rotatable bonds is 5. The first-order chi connectivity index (χ1) is 14.3. The van der Waals surface area contributed by atoms with Gasteiger partial charge in [0.25, 0.3) is 5.92 Å². The van der Waals surface area contributed by atoms with E-state index in [1.165, 1.54) is 4.90 Å². The van der Waals surface area contributed by atoms with Crippen LogP contribution in [-0.2, 0) is 25.3 Å². The summed E-state index contributed by atoms with van der Waals surface area (Å²) in [5, 5.41) is 0. The third-order valence-electron chi connectivity index (χ3n) is 5.52. The van der Waals surface area contributed by atoms with Crippen molar-refractivity contribution < 1.29 is 35.1 Å². The summed E-state index contributed by atoms with van der Waals surface area (Å²) in [5.74, 6) is -3.97. The van der Waals surface area contributed by atoms with Crippen LogP contribution in [0.25, 0.3) is 0 Å². The lowest BCUT2D eigenvalue weighted by Crippen LogP contribution is -2.46. The van der Waals surface area contributed by atoms with Crippen LogP contribution in [0.2, 0.25) is 0 Å². The van der Waals surface area contributed by atoms with Crippen LogP contribution >= 0.6 is 0 Å². The number of hydrogen-bond donors (Lipinski definition) is 0. The maximum Gasteiger partial charge on any atom is 0.416 e. The molecule has 2 aromatic carbocycles. The normalized spacial score (nSPS) is 20.1. The lowest BCUT2D eigenvalue weighted by atomic mass is 9.88. The number of nitrogens with zero attached hydrogens (tertiary/aromatic N) is 1. The van der Waals surface area contributed by atoms with Gasteiger partial charge in [-0.15, -0.1) is 0 Å². The molecule has 1 fully saturated rings. The van der Waals surface area contributed by atoms with Crippen LogP contribution in [0.5, 0.6) is 0 Å². The molecule has 0 spiro atoms. The van der Waals surface area contributed by atoms with E-state index >= 15 is 0 Å². The van der Waals surface area contributed by atoms with Gasteiger partial charge in [0.2, 0.25) is 0 Å². The van der Waals surface area contributed by atoms with Gasteiger partial charge in [0.05, 0.1) is 11.1 Å². The molecule has 0 amide bonds. The molecular formula is C22H21F8N. The second-order valence-electron chi connectivity index (χ2n) is 7.88. The van der Waals surface area contributed by atoms with E-state index in [1.54, 1.807) is 12.1 Å². The molecule has 0 aliphatic carbocycles. The molecule has 1 aliphatic rings. The van der Waals surface area contributed by atoms with Gasteiger partial charge < -0.3 is 0 Å². The number of likely N-dealkylation sites (tertiary alicyclic amines) is 1. The number of alkyl halides is 8. The quantitative estimate of drug-likeness (QED) is 0.451. The Hall–Kier alpha value is -2.16. The molecule has 1 unspecified atom stereocenters. The fourth-order valence-electron chi connectivity index (χ4n) is 3.85. The predicted octanol–water partition coefficient (Wildman–Crippen LogP) is 6.81. The monoisotopic (exact) mass is 451 g/mol. The summed E-state index contributed by atoms with van der Waals surface area (Å²) >= 11 is 0. The highest BCUT2D eigenvalue weighted by Crippen LogP contribution is 2.39. The number of aryl methyl sites for hydroxylation is 1. The molecular weight excluding hydrogens is 430 g/mol. The van der Waals surface area contributed by atoms with Crippen LogP contribution in [0, 0.1) is 5.92 Å². The van der Waals surface area contributed by atoms with E-state index in [9.17, 15) is 35.1 Å². The predicted molar refractivity (Wildman–Crippen MR) is 99.5 cm³/mol. The summed E-state index contributed by atoms with van der Waals surface area (Å²) < 4.78 is 107. The van der Waals surface area contributed by atoms with Gasteiger partial charge in [-0.25, -0.2) is 8.78 Å². The van der Waals surface area contributed by atoms with Crippen molar-refractivity contribution in [3.63, 3.8) is 0 Å². The molecule has 1 heterocycles. The molecule has 9 heteroatoms. The largest absolute Gasteiger partial charge is 0.416 e. The molecule has 0 N–H and O–H groups in total. The molecule has 0 aromatic heterocycles. The average Bonchev–Trinajstić information content (AvgIpc) is 2.67. The van der Waals surface area contributed by atoms with Crippen LogP contribution in [-0.4, -0.2) is 23.9 Å². The van der Waals surface area contributed by atoms with Crippen LogP contribution in [0.1, 0.15) is 35.1 Å². The Morgan fingerprint density at radius 3 is 1.97 bits per heavy atom. The first-order valence-electron chi connectivity index (χ1n) is 9.77. The molecule has 31 heavy (non-hydrogen) atoms. The SMILES string of the molecule is FC(F)(F)c1cc(CN2CCC(F)(F)C(CCc3ccccc3)C2)cc(C(F)(F)F)c1. The number of piperidine rings is 1. The van der Waals surface area contributed by atoms with Gasteiger partial charge in [-0.3, -0.25) is 4.90 Å². The topological polar surface area (TPSA) is 3.24 Å². The minimum atomic E-state index is -4.94. The first-order valence-corrected chi connectivity index (χ1v) is 9.77. The number of benzene rings is 2. The van der Waals surface area contributed by atoms with Gasteiger partial charge in [0, 0.05) is 32.0 Å². The Kier molecular flexibility index (Phi) is 6.64. The van der Waals surface area contributed by atoms with Crippen molar-refractivity contribution in [2.75, 3.05) is 13.1 Å². The van der Waals surface area contributed by atoms with Crippen LogP contribution in [0.15, 0.2) is 48.5 Å². The van der Waals surface area contributed by atoms with Crippen molar-refractivity contribution in [2.45, 2.75) is 44.1 Å². The Balaban J connectivity index is 1.76. The highest BCUT2D eigenvalue weighted by atomic mass is 19.4. The van der Waals surface area contributed by atoms with Crippen molar-refractivity contribution in [1.82, 2.24) is 4.90 Å². The van der Waals surface area contributed by atoms with Gasteiger partial charge in [-0.2, -0.15) is 26.3 Å². The maximum absolute atomic E-state index is 14.4. The minimum Gasteiger partial charge on any atom is -0.298 e. The van der Waals surface area contributed by atoms with Crippen LogP contribution in [0.4, 0.5) is 35.1 Å². The van der Waals surface area contributed by atoms with E-state index in [-0.39, 0.29) is 37.7 Å². The van der Waals surface area contributed by atoms with E-state index in [4.69, 9.17) is 0 Å². The summed E-state index contributed by atoms with van der Waals surface area (Å²) in [6, 6.07) is 10.4. The summed E-state index contributed by atoms with van der Waals surface area (Å²) in [6.07, 6.45) is -9.79. The molecule has 170 valence electrons. The zero-order valence-corrected chi connectivity index (χ0v) is 16.4. The maximum atomic E-state index is 14.4. The Bertz CT molecular complexity index is 841. The van der Waals surface area contributed by atoms with Crippen molar-refractivity contribution in [3.05, 3.63) is 70.8 Å². The summed E-state index contributed by atoms with van der Waals surface area (Å²) in [5.41, 5.74) is -2.11. The van der Waals surface area contributed by atoms with Gasteiger partial charge in [-0.05, 0) is 42.2 Å². The summed E-state index contributed by atoms with van der Waals surface area (Å²) in [7, 11) is 0. The van der Waals surface area contributed by atoms with Gasteiger partial charge >= 0.3 is 12.4 Å². The molecule has 1 nitrogen and oxygen atoms in total.